The van der Waals surface area contributed by atoms with Crippen molar-refractivity contribution in [2.45, 2.75) is 86.4 Å². The van der Waals surface area contributed by atoms with Crippen LogP contribution in [0.15, 0.2) is 221 Å². The fourth-order valence-electron chi connectivity index (χ4n) is 17.5. The number of thiophene rings is 4. The topological polar surface area (TPSA) is 415 Å². The number of fused-ring (bicyclic) bond motifs is 8. The van der Waals surface area contributed by atoms with Gasteiger partial charge >= 0.3 is 0 Å². The van der Waals surface area contributed by atoms with Crippen LogP contribution in [-0.4, -0.2) is 186 Å². The molecule has 24 aromatic heterocycles. The molecule has 688 valence electrons. The van der Waals surface area contributed by atoms with Crippen LogP contribution in [0.5, 0.6) is 0 Å². The lowest BCUT2D eigenvalue weighted by atomic mass is 10.1. The van der Waals surface area contributed by atoms with Crippen LogP contribution >= 0.6 is 45.3 Å². The van der Waals surface area contributed by atoms with Gasteiger partial charge in [0.15, 0.2) is 45.9 Å². The molecular formula is C103H92N32S4. The van der Waals surface area contributed by atoms with Crippen LogP contribution in [0.1, 0.15) is 70.2 Å². The molecule has 1 aliphatic rings. The van der Waals surface area contributed by atoms with E-state index in [1.165, 1.54) is 50.8 Å². The molecule has 0 radical (unpaired) electrons. The largest absolute Gasteiger partial charge is 0.382 e. The zero-order valence-electron chi connectivity index (χ0n) is 77.4. The van der Waals surface area contributed by atoms with E-state index in [-0.39, 0.29) is 0 Å². The average molecular weight is 1910 g/mol. The van der Waals surface area contributed by atoms with E-state index < -0.39 is 0 Å². The van der Waals surface area contributed by atoms with Crippen LogP contribution in [0.25, 0.3) is 221 Å². The summed E-state index contributed by atoms with van der Waals surface area (Å²) in [6.45, 7) is 15.3. The highest BCUT2D eigenvalue weighted by atomic mass is 32.1. The Labute approximate surface area is 811 Å². The minimum atomic E-state index is 0.323. The predicted octanol–water partition coefficient (Wildman–Crippen LogP) is 22.2. The lowest BCUT2D eigenvalue weighted by Crippen LogP contribution is -2.20. The molecule has 0 unspecified atom stereocenters. The number of aromatic nitrogens is 28. The van der Waals surface area contributed by atoms with Crippen LogP contribution in [0, 0.1) is 33.6 Å². The predicted molar refractivity (Wildman–Crippen MR) is 556 cm³/mol. The summed E-state index contributed by atoms with van der Waals surface area (Å²) < 4.78 is 0. The third kappa shape index (κ3) is 18.4. The monoisotopic (exact) mass is 1900 g/mol. The Kier molecular flexibility index (Phi) is 24.0. The Morgan fingerprint density at radius 2 is 0.676 bits per heavy atom. The summed E-state index contributed by atoms with van der Waals surface area (Å²) in [4.78, 5) is 101. The van der Waals surface area contributed by atoms with E-state index in [0.717, 1.165) is 217 Å². The van der Waals surface area contributed by atoms with E-state index in [1.807, 2.05) is 138 Å². The lowest BCUT2D eigenvalue weighted by molar-refractivity contribution is 0.402. The maximum absolute atomic E-state index is 4.97. The third-order valence-corrected chi connectivity index (χ3v) is 28.4. The van der Waals surface area contributed by atoms with Crippen molar-refractivity contribution >= 4 is 145 Å². The van der Waals surface area contributed by atoms with Gasteiger partial charge in [0.05, 0.1) is 86.0 Å². The molecule has 24 aromatic rings. The van der Waals surface area contributed by atoms with E-state index >= 15 is 0 Å². The maximum atomic E-state index is 4.97. The fraction of sp³-hybridized carbons (Fsp3) is 0.184. The Hall–Kier alpha value is -16.1. The number of H-pyrrole nitrogens is 8. The zero-order chi connectivity index (χ0) is 94.5. The van der Waals surface area contributed by atoms with E-state index in [1.54, 1.807) is 63.9 Å². The van der Waals surface area contributed by atoms with Gasteiger partial charge in [0.1, 0.15) is 44.8 Å². The normalized spacial score (nSPS) is 12.3. The van der Waals surface area contributed by atoms with Crippen molar-refractivity contribution in [3.63, 3.8) is 0 Å². The summed E-state index contributed by atoms with van der Waals surface area (Å²) in [6, 6.07) is 34.1. The molecule has 32 nitrogen and oxygen atoms in total. The van der Waals surface area contributed by atoms with Gasteiger partial charge in [-0.05, 0) is 189 Å². The van der Waals surface area contributed by atoms with Crippen molar-refractivity contribution in [3.05, 3.63) is 252 Å². The van der Waals surface area contributed by atoms with E-state index in [2.05, 4.69) is 275 Å². The second kappa shape index (κ2) is 37.9. The van der Waals surface area contributed by atoms with Gasteiger partial charge in [0.25, 0.3) is 0 Å². The summed E-state index contributed by atoms with van der Waals surface area (Å²) in [5.41, 5.74) is 29.2. The van der Waals surface area contributed by atoms with E-state index in [0.29, 0.717) is 51.9 Å². The van der Waals surface area contributed by atoms with Crippen LogP contribution in [0.2, 0.25) is 0 Å². The van der Waals surface area contributed by atoms with Crippen LogP contribution in [0.4, 0.5) is 11.4 Å². The number of hydrogen-bond donors (Lipinski definition) is 10. The average Bonchev–Trinajstić information content (AvgIpc) is 1.63. The molecule has 139 heavy (non-hydrogen) atoms. The number of rotatable bonds is 21. The quantitative estimate of drug-likeness (QED) is 0.0319. The molecule has 0 spiro atoms. The summed E-state index contributed by atoms with van der Waals surface area (Å²) in [5, 5.41) is 40.8. The molecule has 0 amide bonds. The number of anilines is 2. The van der Waals surface area contributed by atoms with Crippen LogP contribution in [0.3, 0.4) is 0 Å². The molecular weight excluding hydrogens is 1810 g/mol. The number of hydrogen-bond acceptors (Lipinski definition) is 28. The highest BCUT2D eigenvalue weighted by Gasteiger charge is 2.25. The van der Waals surface area contributed by atoms with E-state index in [9.17, 15) is 0 Å². The number of nitrogens with one attached hydrogen (secondary N) is 10. The zero-order valence-corrected chi connectivity index (χ0v) is 80.6. The first kappa shape index (κ1) is 88.2. The van der Waals surface area contributed by atoms with Crippen LogP contribution < -0.4 is 15.5 Å². The first-order valence-corrected chi connectivity index (χ1v) is 48.7. The van der Waals surface area contributed by atoms with Crippen molar-refractivity contribution in [1.82, 2.24) is 151 Å². The molecule has 0 bridgehead atoms. The molecule has 1 fully saturated rings. The maximum Gasteiger partial charge on any atom is 0.181 e. The highest BCUT2D eigenvalue weighted by molar-refractivity contribution is 7.16. The molecule has 1 saturated carbocycles. The number of nitrogens with zero attached hydrogens (tertiary/aromatic N) is 22. The number of aryl methyl sites for hydroxylation is 4. The first-order chi connectivity index (χ1) is 67.9. The molecule has 36 heteroatoms. The smallest absolute Gasteiger partial charge is 0.181 e. The third-order valence-electron chi connectivity index (χ3n) is 24.3. The van der Waals surface area contributed by atoms with Gasteiger partial charge in [0, 0.05) is 232 Å². The van der Waals surface area contributed by atoms with Gasteiger partial charge < -0.3 is 40.4 Å². The number of imidazole rings is 4. The Balaban J connectivity index is 0.000000107. The SMILES string of the molecule is Cc1ccc(-c2cncc3[nH]c(-c4[nH]nc5ncc(-c6cncc(CN(C)C)c6)cc45)nc23)s1.Cc1ccc(-c2cncc3[nH]c(-c4[nH]nc5ncc(-c6cncc(CNCC7CCCC7)c6)cc45)nc23)s1.Cc1ccc(-c2cncc3[nH]c(-c4[nH]nc5ncc(-c6cncc(N(C)C)c6)cc45)nc23)s1.Cc1ccc(-c2cncc3[nH]c(-c4[nH]nc5ncc(-c6cncc(NC(C)C)c6)cc45)nc23)s1. The summed E-state index contributed by atoms with van der Waals surface area (Å²) in [5.74, 6) is 3.64. The minimum Gasteiger partial charge on any atom is -0.382 e. The van der Waals surface area contributed by atoms with Gasteiger partial charge in [-0.15, -0.1) is 45.3 Å². The second-order valence-corrected chi connectivity index (χ2v) is 40.5. The van der Waals surface area contributed by atoms with Crippen molar-refractivity contribution < 1.29 is 0 Å². The van der Waals surface area contributed by atoms with Crippen molar-refractivity contribution in [2.75, 3.05) is 45.0 Å². The Bertz CT molecular complexity index is 8390. The van der Waals surface area contributed by atoms with Crippen LogP contribution in [-0.2, 0) is 13.1 Å². The molecule has 0 aromatic carbocycles. The number of aromatic amines is 8. The number of pyridine rings is 12. The van der Waals surface area contributed by atoms with Gasteiger partial charge in [0.2, 0.25) is 0 Å². The minimum absolute atomic E-state index is 0.323. The second-order valence-electron chi connectivity index (χ2n) is 35.4. The van der Waals surface area contributed by atoms with E-state index in [4.69, 9.17) is 19.9 Å². The molecule has 25 rings (SSSR count). The Morgan fingerprint density at radius 1 is 0.353 bits per heavy atom. The summed E-state index contributed by atoms with van der Waals surface area (Å²) in [6.07, 6.45) is 42.4. The summed E-state index contributed by atoms with van der Waals surface area (Å²) in [7, 11) is 8.09. The highest BCUT2D eigenvalue weighted by Crippen LogP contribution is 2.42. The first-order valence-electron chi connectivity index (χ1n) is 45.5. The van der Waals surface area contributed by atoms with Gasteiger partial charge in [-0.3, -0.25) is 60.3 Å². The van der Waals surface area contributed by atoms with Gasteiger partial charge in [-0.1, -0.05) is 12.8 Å². The molecule has 10 N–H and O–H groups in total. The molecule has 0 atom stereocenters. The lowest BCUT2D eigenvalue weighted by Gasteiger charge is -2.12. The molecule has 0 saturated heterocycles. The van der Waals surface area contributed by atoms with Gasteiger partial charge in [-0.25, -0.2) is 39.9 Å². The molecule has 0 aliphatic heterocycles. The van der Waals surface area contributed by atoms with Crippen molar-refractivity contribution in [1.29, 1.82) is 0 Å². The standard InChI is InChI=1S/C29H28N8S.2C25H22N8S.C24H20N8S/c1-17-6-7-25(38-17)23-15-32-16-24-26(23)35-29(34-24)27-22-9-21(14-33-28(22)37-36-27)20-8-19(12-31-13-20)11-30-10-18-4-2-3-5-18;1-14-4-5-21(34-14)19-11-27-12-20-22(19)30-25(29-20)23-18-7-17(10-28-24(18)32-31-23)16-6-15(8-26-9-16)13-33(2)3;1-13(2)29-17-6-15(8-26-10-17)16-7-18-23(32-33-24(18)28-9-16)25-30-20-12-27-11-19(22(20)31-25)21-5-4-14(3)34-21;1-13-4-5-20(33-13)18-11-26-12-19-21(18)29-24(28-19)22-17-7-15(9-27-23(17)31-30-22)14-6-16(32(2)3)10-25-8-14/h6-9,12-16,18,30H,2-5,10-11H2,1H3,(H,34,35)(H,33,36,37);4-12H,13H2,1-3H3,(H,29,30)(H,28,31,32);4-13,29H,1-3H3,(H,30,31)(H,28,32,33);4-12H,1-3H3,(H,28,29)(H,27,30,31). The van der Waals surface area contributed by atoms with Gasteiger partial charge in [-0.2, -0.15) is 20.4 Å². The Morgan fingerprint density at radius 3 is 1.02 bits per heavy atom. The molecule has 1 aliphatic carbocycles. The fourth-order valence-corrected chi connectivity index (χ4v) is 21.0. The molecule has 24 heterocycles. The summed E-state index contributed by atoms with van der Waals surface area (Å²) >= 11 is 6.95. The van der Waals surface area contributed by atoms with Crippen molar-refractivity contribution in [3.8, 4) is 132 Å². The van der Waals surface area contributed by atoms with Crippen molar-refractivity contribution in [2.24, 2.45) is 5.92 Å².